The maximum Gasteiger partial charge on any atom is 0.318 e. The van der Waals surface area contributed by atoms with Gasteiger partial charge in [-0.3, -0.25) is 9.69 Å². The Bertz CT molecular complexity index is 601. The van der Waals surface area contributed by atoms with E-state index in [2.05, 4.69) is 10.2 Å². The van der Waals surface area contributed by atoms with E-state index in [4.69, 9.17) is 4.42 Å². The number of hydrogen-bond acceptors (Lipinski definition) is 4. The number of rotatable bonds is 4. The molecule has 1 aromatic rings. The van der Waals surface area contributed by atoms with Crippen LogP contribution in [0.15, 0.2) is 16.5 Å². The number of hydrogen-bond donors (Lipinski definition) is 1. The summed E-state index contributed by atoms with van der Waals surface area (Å²) < 4.78 is 5.56. The molecule has 7 nitrogen and oxygen atoms in total. The zero-order valence-electron chi connectivity index (χ0n) is 15.2. The van der Waals surface area contributed by atoms with Crippen LogP contribution in [0, 0.1) is 6.92 Å². The molecule has 3 heterocycles. The van der Waals surface area contributed by atoms with Gasteiger partial charge in [0, 0.05) is 39.3 Å². The molecule has 7 heteroatoms. The first-order chi connectivity index (χ1) is 12.0. The third kappa shape index (κ3) is 4.54. The Kier molecular flexibility index (Phi) is 5.63. The van der Waals surface area contributed by atoms with Gasteiger partial charge in [-0.05, 0) is 38.8 Å². The van der Waals surface area contributed by atoms with Gasteiger partial charge in [-0.25, -0.2) is 4.79 Å². The summed E-state index contributed by atoms with van der Waals surface area (Å²) in [6.07, 6.45) is 2.24. The first-order valence-corrected chi connectivity index (χ1v) is 9.15. The van der Waals surface area contributed by atoms with E-state index in [-0.39, 0.29) is 18.0 Å². The molecule has 1 unspecified atom stereocenters. The molecule has 0 aromatic carbocycles. The summed E-state index contributed by atoms with van der Waals surface area (Å²) in [6.45, 7) is 8.82. The van der Waals surface area contributed by atoms with Gasteiger partial charge in [-0.15, -0.1) is 0 Å². The minimum Gasteiger partial charge on any atom is -0.464 e. The van der Waals surface area contributed by atoms with Gasteiger partial charge < -0.3 is 19.5 Å². The lowest BCUT2D eigenvalue weighted by Crippen LogP contribution is -2.53. The molecule has 0 bridgehead atoms. The molecule has 0 aliphatic carbocycles. The highest BCUT2D eigenvalue weighted by molar-refractivity contribution is 5.78. The largest absolute Gasteiger partial charge is 0.464 e. The second-order valence-electron chi connectivity index (χ2n) is 6.97. The minimum atomic E-state index is -0.157. The number of nitrogens with zero attached hydrogens (tertiary/aromatic N) is 3. The molecule has 2 aliphatic rings. The van der Waals surface area contributed by atoms with E-state index < -0.39 is 0 Å². The van der Waals surface area contributed by atoms with E-state index in [9.17, 15) is 9.59 Å². The van der Waals surface area contributed by atoms with E-state index in [0.717, 1.165) is 50.5 Å². The Labute approximate surface area is 148 Å². The predicted molar refractivity (Wildman–Crippen MR) is 94.2 cm³/mol. The maximum absolute atomic E-state index is 12.4. The SMILES string of the molecule is Cc1ccc(C(C)NC(=O)N2CCN(CC(=O)N3CCCC3)CC2)o1. The molecule has 3 rings (SSSR count). The molecule has 1 atom stereocenters. The summed E-state index contributed by atoms with van der Waals surface area (Å²) >= 11 is 0. The predicted octanol–water partition coefficient (Wildman–Crippen LogP) is 1.60. The van der Waals surface area contributed by atoms with E-state index in [0.29, 0.717) is 19.6 Å². The van der Waals surface area contributed by atoms with Crippen LogP contribution in [-0.4, -0.2) is 72.5 Å². The highest BCUT2D eigenvalue weighted by Crippen LogP contribution is 2.16. The first kappa shape index (κ1) is 17.8. The molecular formula is C18H28N4O3. The number of piperazine rings is 1. The van der Waals surface area contributed by atoms with Crippen molar-refractivity contribution in [1.29, 1.82) is 0 Å². The molecule has 1 N–H and O–H groups in total. The molecule has 3 amide bonds. The van der Waals surface area contributed by atoms with Crippen molar-refractivity contribution in [3.8, 4) is 0 Å². The van der Waals surface area contributed by atoms with Crippen molar-refractivity contribution in [2.45, 2.75) is 32.7 Å². The van der Waals surface area contributed by atoms with Crippen molar-refractivity contribution >= 4 is 11.9 Å². The van der Waals surface area contributed by atoms with Crippen molar-refractivity contribution in [1.82, 2.24) is 20.0 Å². The lowest BCUT2D eigenvalue weighted by Gasteiger charge is -2.35. The minimum absolute atomic E-state index is 0.0768. The number of nitrogens with one attached hydrogen (secondary N) is 1. The Balaban J connectivity index is 1.42. The standard InChI is InChI=1S/C18H28N4O3/c1-14-5-6-16(25-14)15(2)19-18(24)22-11-9-20(10-12-22)13-17(23)21-7-3-4-8-21/h5-6,15H,3-4,7-13H2,1-2H3,(H,19,24). The summed E-state index contributed by atoms with van der Waals surface area (Å²) in [5, 5.41) is 2.98. The van der Waals surface area contributed by atoms with Crippen LogP contribution in [0.4, 0.5) is 4.79 Å². The quantitative estimate of drug-likeness (QED) is 0.897. The van der Waals surface area contributed by atoms with Gasteiger partial charge in [0.05, 0.1) is 12.6 Å². The fourth-order valence-electron chi connectivity index (χ4n) is 3.40. The number of carbonyl (C=O) groups is 2. The second kappa shape index (κ2) is 7.91. The number of amides is 3. The topological polar surface area (TPSA) is 69.0 Å². The number of urea groups is 1. The lowest BCUT2D eigenvalue weighted by atomic mass is 10.2. The fraction of sp³-hybridized carbons (Fsp3) is 0.667. The summed E-state index contributed by atoms with van der Waals surface area (Å²) in [7, 11) is 0. The van der Waals surface area contributed by atoms with Gasteiger partial charge in [0.25, 0.3) is 0 Å². The summed E-state index contributed by atoms with van der Waals surface area (Å²) in [5.41, 5.74) is 0. The monoisotopic (exact) mass is 348 g/mol. The van der Waals surface area contributed by atoms with Crippen LogP contribution in [0.2, 0.25) is 0 Å². The van der Waals surface area contributed by atoms with Crippen LogP contribution in [0.5, 0.6) is 0 Å². The maximum atomic E-state index is 12.4. The van der Waals surface area contributed by atoms with Crippen LogP contribution in [0.3, 0.4) is 0 Å². The molecule has 0 radical (unpaired) electrons. The average molecular weight is 348 g/mol. The summed E-state index contributed by atoms with van der Waals surface area (Å²) in [4.78, 5) is 30.5. The third-order valence-corrected chi connectivity index (χ3v) is 5.01. The van der Waals surface area contributed by atoms with Crippen LogP contribution in [0.1, 0.15) is 37.3 Å². The van der Waals surface area contributed by atoms with E-state index in [1.807, 2.05) is 35.8 Å². The Morgan fingerprint density at radius 3 is 2.36 bits per heavy atom. The summed E-state index contributed by atoms with van der Waals surface area (Å²) in [6, 6.07) is 3.55. The van der Waals surface area contributed by atoms with Crippen molar-refractivity contribution in [3.05, 3.63) is 23.7 Å². The van der Waals surface area contributed by atoms with Gasteiger partial charge in [0.15, 0.2) is 0 Å². The van der Waals surface area contributed by atoms with E-state index in [1.54, 1.807) is 0 Å². The van der Waals surface area contributed by atoms with Crippen LogP contribution in [0.25, 0.3) is 0 Å². The van der Waals surface area contributed by atoms with E-state index in [1.165, 1.54) is 0 Å². The highest BCUT2D eigenvalue weighted by atomic mass is 16.3. The Hall–Kier alpha value is -2.02. The Morgan fingerprint density at radius 2 is 1.76 bits per heavy atom. The molecule has 138 valence electrons. The molecule has 25 heavy (non-hydrogen) atoms. The molecule has 2 aliphatic heterocycles. The molecule has 1 aromatic heterocycles. The number of carbonyl (C=O) groups excluding carboxylic acids is 2. The number of aryl methyl sites for hydroxylation is 1. The van der Waals surface area contributed by atoms with Crippen molar-refractivity contribution < 1.29 is 14.0 Å². The van der Waals surface area contributed by atoms with Crippen molar-refractivity contribution in [3.63, 3.8) is 0 Å². The highest BCUT2D eigenvalue weighted by Gasteiger charge is 2.26. The molecule has 0 spiro atoms. The van der Waals surface area contributed by atoms with Crippen molar-refractivity contribution in [2.24, 2.45) is 0 Å². The zero-order valence-corrected chi connectivity index (χ0v) is 15.2. The summed E-state index contributed by atoms with van der Waals surface area (Å²) in [5.74, 6) is 1.82. The average Bonchev–Trinajstić information content (AvgIpc) is 3.27. The molecule has 0 saturated carbocycles. The Morgan fingerprint density at radius 1 is 1.08 bits per heavy atom. The number of likely N-dealkylation sites (tertiary alicyclic amines) is 1. The fourth-order valence-corrected chi connectivity index (χ4v) is 3.40. The smallest absolute Gasteiger partial charge is 0.318 e. The number of furan rings is 1. The van der Waals surface area contributed by atoms with Crippen molar-refractivity contribution in [2.75, 3.05) is 45.8 Å². The second-order valence-corrected chi connectivity index (χ2v) is 6.97. The lowest BCUT2D eigenvalue weighted by molar-refractivity contribution is -0.131. The van der Waals surface area contributed by atoms with Crippen LogP contribution >= 0.6 is 0 Å². The third-order valence-electron chi connectivity index (χ3n) is 5.01. The van der Waals surface area contributed by atoms with Gasteiger partial charge in [-0.1, -0.05) is 0 Å². The van der Waals surface area contributed by atoms with Gasteiger partial charge >= 0.3 is 6.03 Å². The van der Waals surface area contributed by atoms with Gasteiger partial charge in [0.2, 0.25) is 5.91 Å². The molecular weight excluding hydrogens is 320 g/mol. The van der Waals surface area contributed by atoms with E-state index >= 15 is 0 Å². The van der Waals surface area contributed by atoms with Gasteiger partial charge in [0.1, 0.15) is 11.5 Å². The zero-order chi connectivity index (χ0) is 17.8. The van der Waals surface area contributed by atoms with Gasteiger partial charge in [-0.2, -0.15) is 0 Å². The van der Waals surface area contributed by atoms with Crippen LogP contribution < -0.4 is 5.32 Å². The first-order valence-electron chi connectivity index (χ1n) is 9.15. The molecule has 2 saturated heterocycles. The normalized spacial score (nSPS) is 19.9. The van der Waals surface area contributed by atoms with Crippen LogP contribution in [-0.2, 0) is 4.79 Å². The molecule has 2 fully saturated rings.